The van der Waals surface area contributed by atoms with Crippen molar-refractivity contribution in [3.05, 3.63) is 129 Å². The number of nitrogens with one attached hydrogen (secondary N) is 2. The highest BCUT2D eigenvalue weighted by Gasteiger charge is 2.82. The largest absolute Gasteiger partial charge is 0.460 e. The SMILES string of the molecule is O=C(Nc1ccc(NC(=O)c2c(F)c(F)c(F)c(F)c2F)c2c1C(=O)c1ccccc1C2=O)c1ccc(C(F)(F)C(F)(F)C(F)(F)C(F)(F)F)cc1. The van der Waals surface area contributed by atoms with Gasteiger partial charge in [0, 0.05) is 22.3 Å². The second-order valence-corrected chi connectivity index (χ2v) is 10.8. The molecule has 1 aliphatic carbocycles. The van der Waals surface area contributed by atoms with Gasteiger partial charge in [-0.05, 0) is 24.3 Å². The van der Waals surface area contributed by atoms with E-state index in [0.717, 1.165) is 24.3 Å². The zero-order valence-electron chi connectivity index (χ0n) is 24.7. The number of anilines is 2. The van der Waals surface area contributed by atoms with Crippen molar-refractivity contribution in [2.24, 2.45) is 0 Å². The Kier molecular flexibility index (Phi) is 8.96. The summed E-state index contributed by atoms with van der Waals surface area (Å²) in [6.45, 7) is 0. The van der Waals surface area contributed by atoms with Crippen LogP contribution in [0.15, 0.2) is 60.7 Å². The van der Waals surface area contributed by atoms with Gasteiger partial charge in [-0.1, -0.05) is 36.4 Å². The summed E-state index contributed by atoms with van der Waals surface area (Å²) in [7, 11) is 0. The van der Waals surface area contributed by atoms with Gasteiger partial charge in [0.25, 0.3) is 11.8 Å². The molecule has 4 aromatic carbocycles. The molecule has 0 aromatic heterocycles. The molecule has 0 saturated carbocycles. The molecule has 0 radical (unpaired) electrons. The average Bonchev–Trinajstić information content (AvgIpc) is 3.08. The van der Waals surface area contributed by atoms with Crippen LogP contribution >= 0.6 is 0 Å². The van der Waals surface area contributed by atoms with Crippen LogP contribution in [-0.4, -0.2) is 41.4 Å². The van der Waals surface area contributed by atoms with Gasteiger partial charge in [0.1, 0.15) is 5.56 Å². The highest BCUT2D eigenvalue weighted by molar-refractivity contribution is 6.33. The van der Waals surface area contributed by atoms with E-state index in [9.17, 15) is 80.6 Å². The van der Waals surface area contributed by atoms with Crippen molar-refractivity contribution < 1.29 is 80.6 Å². The van der Waals surface area contributed by atoms with E-state index < -0.39 is 116 Å². The van der Waals surface area contributed by atoms with Crippen LogP contribution in [0.3, 0.4) is 0 Å². The molecule has 0 atom stereocenters. The van der Waals surface area contributed by atoms with Crippen LogP contribution in [0.25, 0.3) is 0 Å². The van der Waals surface area contributed by atoms with Crippen molar-refractivity contribution in [2.45, 2.75) is 23.9 Å². The minimum atomic E-state index is -7.19. The predicted molar refractivity (Wildman–Crippen MR) is 148 cm³/mol. The molecule has 6 nitrogen and oxygen atoms in total. The summed E-state index contributed by atoms with van der Waals surface area (Å²) in [4.78, 5) is 52.9. The summed E-state index contributed by atoms with van der Waals surface area (Å²) < 4.78 is 190. The summed E-state index contributed by atoms with van der Waals surface area (Å²) in [5.74, 6) is -38.5. The van der Waals surface area contributed by atoms with Crippen LogP contribution < -0.4 is 10.6 Å². The Morgan fingerprint density at radius 2 is 0.904 bits per heavy atom. The van der Waals surface area contributed by atoms with E-state index in [-0.39, 0.29) is 23.3 Å². The van der Waals surface area contributed by atoms with E-state index in [2.05, 4.69) is 5.32 Å². The fourth-order valence-corrected chi connectivity index (χ4v) is 5.00. The second-order valence-electron chi connectivity index (χ2n) is 10.8. The molecule has 0 fully saturated rings. The highest BCUT2D eigenvalue weighted by atomic mass is 19.4. The molecule has 0 unspecified atom stereocenters. The van der Waals surface area contributed by atoms with E-state index in [1.807, 2.05) is 0 Å². The van der Waals surface area contributed by atoms with Gasteiger partial charge in [-0.25, -0.2) is 22.0 Å². The Bertz CT molecular complexity index is 2170. The molecule has 1 aliphatic rings. The Morgan fingerprint density at radius 1 is 0.500 bits per heavy atom. The van der Waals surface area contributed by atoms with E-state index >= 15 is 0 Å². The van der Waals surface area contributed by atoms with Gasteiger partial charge < -0.3 is 10.6 Å². The molecule has 0 spiro atoms. The number of rotatable bonds is 7. The number of carbonyl (C=O) groups excluding carboxylic acids is 4. The predicted octanol–water partition coefficient (Wildman–Crippen LogP) is 8.59. The molecule has 0 aliphatic heterocycles. The van der Waals surface area contributed by atoms with Gasteiger partial charge in [0.2, 0.25) is 5.82 Å². The highest BCUT2D eigenvalue weighted by Crippen LogP contribution is 2.56. The Labute approximate surface area is 279 Å². The lowest BCUT2D eigenvalue weighted by atomic mass is 9.82. The lowest BCUT2D eigenvalue weighted by molar-refractivity contribution is -0.399. The van der Waals surface area contributed by atoms with Crippen LogP contribution in [0, 0.1) is 29.1 Å². The minimum Gasteiger partial charge on any atom is -0.321 e. The standard InChI is InChI=1S/C32H12F14N2O4/c33-20-19(21(34)23(36)24(37)22(20)35)28(52)48-16-10-9-15(17-18(16)26(50)14-4-2-1-3-13(14)25(17)49)47-27(51)11-5-7-12(8-6-11)29(38,39)30(40,41)31(42,43)32(44,45)46/h1-10H,(H,47,51)(H,48,52). The zero-order chi connectivity index (χ0) is 38.9. The first kappa shape index (κ1) is 37.4. The lowest BCUT2D eigenvalue weighted by Gasteiger charge is -2.33. The van der Waals surface area contributed by atoms with Gasteiger partial charge in [-0.15, -0.1) is 0 Å². The van der Waals surface area contributed by atoms with Crippen molar-refractivity contribution in [1.82, 2.24) is 0 Å². The molecule has 272 valence electrons. The van der Waals surface area contributed by atoms with Crippen LogP contribution in [0.2, 0.25) is 0 Å². The number of alkyl halides is 9. The summed E-state index contributed by atoms with van der Waals surface area (Å²) in [6.07, 6.45) is -7.08. The second kappa shape index (κ2) is 12.4. The monoisotopic (exact) mass is 754 g/mol. The number of ketones is 2. The third-order valence-electron chi connectivity index (χ3n) is 7.66. The number of halogens is 14. The van der Waals surface area contributed by atoms with Gasteiger partial charge >= 0.3 is 23.9 Å². The molecular formula is C32H12F14N2O4. The lowest BCUT2D eigenvalue weighted by Crippen LogP contribution is -2.59. The molecule has 0 bridgehead atoms. The van der Waals surface area contributed by atoms with Crippen LogP contribution in [0.1, 0.15) is 58.1 Å². The first-order valence-corrected chi connectivity index (χ1v) is 13.8. The van der Waals surface area contributed by atoms with Crippen molar-refractivity contribution in [2.75, 3.05) is 10.6 Å². The zero-order valence-corrected chi connectivity index (χ0v) is 24.7. The molecule has 0 heterocycles. The Hall–Kier alpha value is -5.82. The molecular weight excluding hydrogens is 742 g/mol. The number of hydrogen-bond donors (Lipinski definition) is 2. The van der Waals surface area contributed by atoms with Crippen molar-refractivity contribution in [3.63, 3.8) is 0 Å². The van der Waals surface area contributed by atoms with Gasteiger partial charge in [0.15, 0.2) is 34.8 Å². The maximum absolute atomic E-state index is 14.3. The molecule has 4 aromatic rings. The van der Waals surface area contributed by atoms with Crippen LogP contribution in [-0.2, 0) is 5.92 Å². The van der Waals surface area contributed by atoms with Crippen molar-refractivity contribution in [3.8, 4) is 0 Å². The quantitative estimate of drug-likeness (QED) is 0.0990. The van der Waals surface area contributed by atoms with Gasteiger partial charge in [-0.2, -0.15) is 39.5 Å². The van der Waals surface area contributed by atoms with Crippen molar-refractivity contribution in [1.29, 1.82) is 0 Å². The minimum absolute atomic E-state index is 0.0618. The third kappa shape index (κ3) is 5.61. The summed E-state index contributed by atoms with van der Waals surface area (Å²) in [6, 6.07) is 6.89. The van der Waals surface area contributed by atoms with E-state index in [1.165, 1.54) is 12.1 Å². The Balaban J connectivity index is 1.53. The number of hydrogen-bond acceptors (Lipinski definition) is 4. The fraction of sp³-hybridized carbons (Fsp3) is 0.125. The Morgan fingerprint density at radius 3 is 1.33 bits per heavy atom. The van der Waals surface area contributed by atoms with Gasteiger partial charge in [-0.3, -0.25) is 19.2 Å². The molecule has 5 rings (SSSR count). The van der Waals surface area contributed by atoms with E-state index in [1.54, 1.807) is 5.32 Å². The van der Waals surface area contributed by atoms with Crippen LogP contribution in [0.4, 0.5) is 72.8 Å². The number of fused-ring (bicyclic) bond motifs is 2. The van der Waals surface area contributed by atoms with E-state index in [0.29, 0.717) is 12.1 Å². The van der Waals surface area contributed by atoms with Crippen LogP contribution in [0.5, 0.6) is 0 Å². The summed E-state index contributed by atoms with van der Waals surface area (Å²) in [5, 5.41) is 3.83. The van der Waals surface area contributed by atoms with Crippen molar-refractivity contribution >= 4 is 34.8 Å². The molecule has 52 heavy (non-hydrogen) atoms. The average molecular weight is 754 g/mol. The van der Waals surface area contributed by atoms with Gasteiger partial charge in [0.05, 0.1) is 22.5 Å². The molecule has 20 heteroatoms. The maximum Gasteiger partial charge on any atom is 0.460 e. The summed E-state index contributed by atoms with van der Waals surface area (Å²) in [5.41, 5.74) is -8.32. The number of carbonyl (C=O) groups is 4. The number of benzene rings is 4. The molecule has 0 saturated heterocycles. The fourth-order valence-electron chi connectivity index (χ4n) is 5.00. The topological polar surface area (TPSA) is 92.3 Å². The molecule has 2 N–H and O–H groups in total. The smallest absolute Gasteiger partial charge is 0.321 e. The number of amides is 2. The molecule has 2 amide bonds. The first-order valence-electron chi connectivity index (χ1n) is 13.8. The summed E-state index contributed by atoms with van der Waals surface area (Å²) >= 11 is 0. The maximum atomic E-state index is 14.3. The normalized spacial score (nSPS) is 13.4. The third-order valence-corrected chi connectivity index (χ3v) is 7.66. The first-order chi connectivity index (χ1) is 24.0. The van der Waals surface area contributed by atoms with E-state index in [4.69, 9.17) is 0 Å².